The Morgan fingerprint density at radius 2 is 2.05 bits per heavy atom. The van der Waals surface area contributed by atoms with Crippen LogP contribution in [0, 0.1) is 0 Å². The number of benzene rings is 1. The van der Waals surface area contributed by atoms with Gasteiger partial charge in [-0.1, -0.05) is 34.1 Å². The average molecular weight is 326 g/mol. The van der Waals surface area contributed by atoms with Crippen molar-refractivity contribution in [2.24, 2.45) is 0 Å². The second-order valence-electron chi connectivity index (χ2n) is 5.50. The molecule has 19 heavy (non-hydrogen) atoms. The predicted octanol–water partition coefficient (Wildman–Crippen LogP) is 1.83. The average Bonchev–Trinajstić information content (AvgIpc) is 2.41. The molecule has 0 amide bonds. The lowest BCUT2D eigenvalue weighted by molar-refractivity contribution is 0.0897. The Morgan fingerprint density at radius 3 is 2.74 bits per heavy atom. The predicted molar refractivity (Wildman–Crippen MR) is 84.6 cm³/mol. The Balaban J connectivity index is 2.09. The highest BCUT2D eigenvalue weighted by molar-refractivity contribution is 9.10. The van der Waals surface area contributed by atoms with Crippen molar-refractivity contribution in [2.45, 2.75) is 18.5 Å². The summed E-state index contributed by atoms with van der Waals surface area (Å²) in [6, 6.07) is 9.56. The van der Waals surface area contributed by atoms with Gasteiger partial charge in [0, 0.05) is 36.2 Å². The first-order valence-corrected chi connectivity index (χ1v) is 7.70. The van der Waals surface area contributed by atoms with Crippen LogP contribution in [0.2, 0.25) is 0 Å². The molecule has 1 saturated heterocycles. The third-order valence-electron chi connectivity index (χ3n) is 4.13. The number of halogens is 1. The molecule has 0 spiro atoms. The van der Waals surface area contributed by atoms with Crippen molar-refractivity contribution in [3.8, 4) is 0 Å². The molecule has 1 aromatic rings. The minimum absolute atomic E-state index is 0.478. The Bertz CT molecular complexity index is 410. The van der Waals surface area contributed by atoms with E-state index in [0.29, 0.717) is 12.1 Å². The SMILES string of the molecule is CNC(Cc1ccccc1Br)C1CN(C)CCN1C. The van der Waals surface area contributed by atoms with Crippen LogP contribution < -0.4 is 5.32 Å². The quantitative estimate of drug-likeness (QED) is 0.911. The number of hydrogen-bond donors (Lipinski definition) is 1. The fourth-order valence-corrected chi connectivity index (χ4v) is 3.26. The molecule has 0 aromatic heterocycles. The third-order valence-corrected chi connectivity index (χ3v) is 4.91. The molecule has 2 unspecified atom stereocenters. The standard InChI is InChI=1S/C15H24BrN3/c1-17-14(10-12-6-4-5-7-13(12)16)15-11-18(2)8-9-19(15)3/h4-7,14-15,17H,8-11H2,1-3H3. The van der Waals surface area contributed by atoms with Gasteiger partial charge in [-0.15, -0.1) is 0 Å². The lowest BCUT2D eigenvalue weighted by Gasteiger charge is -2.42. The van der Waals surface area contributed by atoms with Gasteiger partial charge in [0.15, 0.2) is 0 Å². The molecule has 2 rings (SSSR count). The van der Waals surface area contributed by atoms with E-state index in [2.05, 4.69) is 76.5 Å². The fraction of sp³-hybridized carbons (Fsp3) is 0.600. The molecule has 4 heteroatoms. The molecule has 1 aliphatic rings. The normalized spacial score (nSPS) is 23.5. The zero-order valence-corrected chi connectivity index (χ0v) is 13.7. The largest absolute Gasteiger partial charge is 0.315 e. The molecule has 1 aromatic carbocycles. The van der Waals surface area contributed by atoms with E-state index < -0.39 is 0 Å². The third kappa shape index (κ3) is 3.78. The molecule has 1 fully saturated rings. The summed E-state index contributed by atoms with van der Waals surface area (Å²) in [7, 11) is 6.52. The van der Waals surface area contributed by atoms with Gasteiger partial charge in [0.2, 0.25) is 0 Å². The van der Waals surface area contributed by atoms with Crippen molar-refractivity contribution in [3.05, 3.63) is 34.3 Å². The first-order chi connectivity index (χ1) is 9.11. The molecule has 0 saturated carbocycles. The fourth-order valence-electron chi connectivity index (χ4n) is 2.81. The minimum atomic E-state index is 0.478. The second-order valence-corrected chi connectivity index (χ2v) is 6.36. The summed E-state index contributed by atoms with van der Waals surface area (Å²) in [6.07, 6.45) is 1.06. The maximum atomic E-state index is 3.65. The van der Waals surface area contributed by atoms with Crippen LogP contribution in [0.5, 0.6) is 0 Å². The number of piperazine rings is 1. The monoisotopic (exact) mass is 325 g/mol. The van der Waals surface area contributed by atoms with Crippen LogP contribution in [0.4, 0.5) is 0 Å². The number of nitrogens with zero attached hydrogens (tertiary/aromatic N) is 2. The maximum Gasteiger partial charge on any atom is 0.0377 e. The lowest BCUT2D eigenvalue weighted by atomic mass is 9.97. The van der Waals surface area contributed by atoms with Crippen LogP contribution >= 0.6 is 15.9 Å². The summed E-state index contributed by atoms with van der Waals surface area (Å²) in [6.45, 7) is 3.44. The van der Waals surface area contributed by atoms with E-state index in [1.807, 2.05) is 0 Å². The van der Waals surface area contributed by atoms with Crippen molar-refractivity contribution in [2.75, 3.05) is 40.8 Å². The van der Waals surface area contributed by atoms with Crippen LogP contribution in [0.15, 0.2) is 28.7 Å². The van der Waals surface area contributed by atoms with Crippen LogP contribution in [-0.4, -0.2) is 62.7 Å². The molecule has 1 aliphatic heterocycles. The van der Waals surface area contributed by atoms with Crippen molar-refractivity contribution >= 4 is 15.9 Å². The molecular formula is C15H24BrN3. The smallest absolute Gasteiger partial charge is 0.0377 e. The number of rotatable bonds is 4. The summed E-state index contributed by atoms with van der Waals surface area (Å²) < 4.78 is 1.21. The van der Waals surface area contributed by atoms with Crippen LogP contribution in [0.1, 0.15) is 5.56 Å². The van der Waals surface area contributed by atoms with Crippen LogP contribution in [-0.2, 0) is 6.42 Å². The van der Waals surface area contributed by atoms with Gasteiger partial charge >= 0.3 is 0 Å². The zero-order chi connectivity index (χ0) is 13.8. The molecule has 2 atom stereocenters. The van der Waals surface area contributed by atoms with E-state index in [-0.39, 0.29) is 0 Å². The second kappa shape index (κ2) is 6.84. The summed E-state index contributed by atoms with van der Waals surface area (Å²) in [4.78, 5) is 4.91. The van der Waals surface area contributed by atoms with E-state index in [9.17, 15) is 0 Å². The van der Waals surface area contributed by atoms with E-state index >= 15 is 0 Å². The van der Waals surface area contributed by atoms with Gasteiger partial charge in [-0.25, -0.2) is 0 Å². The first kappa shape index (κ1) is 15.0. The van der Waals surface area contributed by atoms with Crippen molar-refractivity contribution < 1.29 is 0 Å². The van der Waals surface area contributed by atoms with E-state index in [1.54, 1.807) is 0 Å². The Morgan fingerprint density at radius 1 is 1.32 bits per heavy atom. The summed E-state index contributed by atoms with van der Waals surface area (Å²) in [5.74, 6) is 0. The van der Waals surface area contributed by atoms with Gasteiger partial charge in [0.25, 0.3) is 0 Å². The van der Waals surface area contributed by atoms with Gasteiger partial charge in [-0.3, -0.25) is 4.90 Å². The molecule has 0 radical (unpaired) electrons. The highest BCUT2D eigenvalue weighted by Gasteiger charge is 2.29. The highest BCUT2D eigenvalue weighted by Crippen LogP contribution is 2.20. The number of hydrogen-bond acceptors (Lipinski definition) is 3. The molecule has 1 heterocycles. The maximum absolute atomic E-state index is 3.65. The topological polar surface area (TPSA) is 18.5 Å². The molecule has 106 valence electrons. The zero-order valence-electron chi connectivity index (χ0n) is 12.1. The van der Waals surface area contributed by atoms with Crippen molar-refractivity contribution in [1.82, 2.24) is 15.1 Å². The number of nitrogens with one attached hydrogen (secondary N) is 1. The first-order valence-electron chi connectivity index (χ1n) is 6.91. The van der Waals surface area contributed by atoms with E-state index in [4.69, 9.17) is 0 Å². The highest BCUT2D eigenvalue weighted by atomic mass is 79.9. The van der Waals surface area contributed by atoms with E-state index in [1.165, 1.54) is 16.6 Å². The molecule has 0 aliphatic carbocycles. The molecule has 1 N–H and O–H groups in total. The summed E-state index contributed by atoms with van der Waals surface area (Å²) in [5, 5.41) is 3.51. The Hall–Kier alpha value is -0.420. The van der Waals surface area contributed by atoms with Gasteiger partial charge in [-0.05, 0) is 39.2 Å². The summed E-state index contributed by atoms with van der Waals surface area (Å²) in [5.41, 5.74) is 1.38. The molecule has 0 bridgehead atoms. The Kier molecular flexibility index (Phi) is 5.39. The van der Waals surface area contributed by atoms with Crippen molar-refractivity contribution in [3.63, 3.8) is 0 Å². The molecular weight excluding hydrogens is 302 g/mol. The molecule has 3 nitrogen and oxygen atoms in total. The van der Waals surface area contributed by atoms with Gasteiger partial charge in [0.1, 0.15) is 0 Å². The minimum Gasteiger partial charge on any atom is -0.315 e. The lowest BCUT2D eigenvalue weighted by Crippen LogP contribution is -2.58. The van der Waals surface area contributed by atoms with Crippen molar-refractivity contribution in [1.29, 1.82) is 0 Å². The van der Waals surface area contributed by atoms with Gasteiger partial charge in [0.05, 0.1) is 0 Å². The van der Waals surface area contributed by atoms with Gasteiger partial charge in [-0.2, -0.15) is 0 Å². The van der Waals surface area contributed by atoms with Crippen LogP contribution in [0.25, 0.3) is 0 Å². The summed E-state index contributed by atoms with van der Waals surface area (Å²) >= 11 is 3.65. The Labute approximate surface area is 125 Å². The number of likely N-dealkylation sites (N-methyl/N-ethyl adjacent to an activating group) is 3. The van der Waals surface area contributed by atoms with Crippen LogP contribution in [0.3, 0.4) is 0 Å². The van der Waals surface area contributed by atoms with Gasteiger partial charge < -0.3 is 10.2 Å². The van der Waals surface area contributed by atoms with E-state index in [0.717, 1.165) is 19.5 Å².